The number of carbonyl (C=O) groups is 2. The predicted molar refractivity (Wildman–Crippen MR) is 66.0 cm³/mol. The van der Waals surface area contributed by atoms with Crippen molar-refractivity contribution in [2.24, 2.45) is 5.73 Å². The van der Waals surface area contributed by atoms with Crippen LogP contribution in [0.25, 0.3) is 6.08 Å². The summed E-state index contributed by atoms with van der Waals surface area (Å²) in [5.41, 5.74) is 6.00. The van der Waals surface area contributed by atoms with Gasteiger partial charge >= 0.3 is 0 Å². The Morgan fingerprint density at radius 3 is 2.88 bits per heavy atom. The van der Waals surface area contributed by atoms with E-state index in [-0.39, 0.29) is 24.2 Å². The normalized spacial score (nSPS) is 18.2. The van der Waals surface area contributed by atoms with Gasteiger partial charge in [0.1, 0.15) is 0 Å². The molecule has 0 bridgehead atoms. The lowest BCUT2D eigenvalue weighted by Crippen LogP contribution is -2.33. The first-order chi connectivity index (χ1) is 8.22. The summed E-state index contributed by atoms with van der Waals surface area (Å²) in [5, 5.41) is -0.275. The monoisotopic (exact) mass is 249 g/mol. The quantitative estimate of drug-likeness (QED) is 0.811. The van der Waals surface area contributed by atoms with Crippen molar-refractivity contribution >= 4 is 29.0 Å². The molecule has 2 rings (SSSR count). The summed E-state index contributed by atoms with van der Waals surface area (Å²) in [4.78, 5) is 29.0. The van der Waals surface area contributed by atoms with Gasteiger partial charge in [0.2, 0.25) is 0 Å². The van der Waals surface area contributed by atoms with E-state index in [4.69, 9.17) is 5.73 Å². The molecule has 1 aromatic heterocycles. The first-order valence-electron chi connectivity index (χ1n) is 5.09. The average Bonchev–Trinajstić information content (AvgIpc) is 2.59. The molecule has 0 aromatic carbocycles. The Kier molecular flexibility index (Phi) is 3.55. The number of aromatic nitrogens is 1. The molecule has 2 amide bonds. The Hall–Kier alpha value is -1.66. The number of pyridine rings is 1. The number of nitrogens with zero attached hydrogens (tertiary/aromatic N) is 2. The maximum absolute atomic E-state index is 11.8. The van der Waals surface area contributed by atoms with E-state index in [1.54, 1.807) is 24.4 Å². The van der Waals surface area contributed by atoms with E-state index in [0.717, 1.165) is 16.7 Å². The highest BCUT2D eigenvalue weighted by atomic mass is 32.2. The first kappa shape index (κ1) is 11.8. The second-order valence-electron chi connectivity index (χ2n) is 3.38. The van der Waals surface area contributed by atoms with E-state index >= 15 is 0 Å². The fourth-order valence-electron chi connectivity index (χ4n) is 1.42. The number of thioether (sulfide) groups is 1. The van der Waals surface area contributed by atoms with Gasteiger partial charge in [-0.15, -0.1) is 0 Å². The van der Waals surface area contributed by atoms with Crippen LogP contribution >= 0.6 is 11.8 Å². The molecule has 2 heterocycles. The molecule has 0 saturated carbocycles. The zero-order chi connectivity index (χ0) is 12.3. The maximum atomic E-state index is 11.8. The van der Waals surface area contributed by atoms with E-state index in [2.05, 4.69) is 4.98 Å². The minimum Gasteiger partial charge on any atom is -0.329 e. The zero-order valence-electron chi connectivity index (χ0n) is 9.00. The lowest BCUT2D eigenvalue weighted by atomic mass is 10.3. The van der Waals surface area contributed by atoms with Gasteiger partial charge in [-0.05, 0) is 30.0 Å². The number of carbonyl (C=O) groups excluding carboxylic acids is 2. The second-order valence-corrected chi connectivity index (χ2v) is 4.37. The lowest BCUT2D eigenvalue weighted by Gasteiger charge is -2.09. The van der Waals surface area contributed by atoms with Crippen molar-refractivity contribution in [3.05, 3.63) is 35.0 Å². The van der Waals surface area contributed by atoms with Crippen LogP contribution in [0.15, 0.2) is 29.3 Å². The molecule has 1 fully saturated rings. The molecule has 1 aliphatic heterocycles. The minimum absolute atomic E-state index is 0.254. The van der Waals surface area contributed by atoms with Crippen molar-refractivity contribution in [1.29, 1.82) is 0 Å². The van der Waals surface area contributed by atoms with Gasteiger partial charge in [-0.25, -0.2) is 0 Å². The number of amides is 2. The lowest BCUT2D eigenvalue weighted by molar-refractivity contribution is -0.122. The second kappa shape index (κ2) is 5.11. The van der Waals surface area contributed by atoms with Crippen molar-refractivity contribution in [2.45, 2.75) is 0 Å². The predicted octanol–water partition coefficient (Wildman–Crippen LogP) is 1.08. The molecular formula is C11H11N3O2S. The molecule has 88 valence electrons. The van der Waals surface area contributed by atoms with Crippen LogP contribution in [0.1, 0.15) is 5.69 Å². The van der Waals surface area contributed by atoms with E-state index in [9.17, 15) is 9.59 Å². The standard InChI is InChI=1S/C11H11N3O2S/c12-4-6-14-10(15)9(17-11(14)16)7-8-3-1-2-5-13-8/h1-3,5,7H,4,6,12H2/b9-7-. The Labute approximate surface area is 103 Å². The molecular weight excluding hydrogens is 238 g/mol. The summed E-state index contributed by atoms with van der Waals surface area (Å²) in [6, 6.07) is 5.39. The molecule has 0 radical (unpaired) electrons. The molecule has 1 aromatic rings. The Morgan fingerprint density at radius 1 is 1.41 bits per heavy atom. The van der Waals surface area contributed by atoms with Crippen LogP contribution in [0.5, 0.6) is 0 Å². The third-order valence-corrected chi connectivity index (χ3v) is 3.10. The molecule has 0 unspecified atom stereocenters. The third kappa shape index (κ3) is 2.54. The van der Waals surface area contributed by atoms with E-state index in [0.29, 0.717) is 10.6 Å². The maximum Gasteiger partial charge on any atom is 0.293 e. The van der Waals surface area contributed by atoms with Gasteiger partial charge in [-0.3, -0.25) is 19.5 Å². The largest absolute Gasteiger partial charge is 0.329 e. The van der Waals surface area contributed by atoms with Gasteiger partial charge in [0.25, 0.3) is 11.1 Å². The first-order valence-corrected chi connectivity index (χ1v) is 5.90. The molecule has 6 heteroatoms. The van der Waals surface area contributed by atoms with Crippen molar-refractivity contribution in [3.8, 4) is 0 Å². The summed E-state index contributed by atoms with van der Waals surface area (Å²) in [6.07, 6.45) is 3.25. The van der Waals surface area contributed by atoms with Gasteiger partial charge in [0, 0.05) is 19.3 Å². The molecule has 1 saturated heterocycles. The SMILES string of the molecule is NCCN1C(=O)S/C(=C\c2ccccn2)C1=O. The molecule has 0 spiro atoms. The molecule has 1 aliphatic rings. The topological polar surface area (TPSA) is 76.3 Å². The van der Waals surface area contributed by atoms with Gasteiger partial charge in [0.15, 0.2) is 0 Å². The van der Waals surface area contributed by atoms with Crippen LogP contribution in [0.3, 0.4) is 0 Å². The zero-order valence-corrected chi connectivity index (χ0v) is 9.81. The smallest absolute Gasteiger partial charge is 0.293 e. The third-order valence-electron chi connectivity index (χ3n) is 2.19. The highest BCUT2D eigenvalue weighted by Gasteiger charge is 2.34. The number of hydrogen-bond donors (Lipinski definition) is 1. The van der Waals surface area contributed by atoms with Crippen LogP contribution in [0.4, 0.5) is 4.79 Å². The minimum atomic E-state index is -0.295. The van der Waals surface area contributed by atoms with Crippen molar-refractivity contribution in [3.63, 3.8) is 0 Å². The van der Waals surface area contributed by atoms with Gasteiger partial charge < -0.3 is 5.73 Å². The fraction of sp³-hybridized carbons (Fsp3) is 0.182. The molecule has 0 aliphatic carbocycles. The molecule has 2 N–H and O–H groups in total. The molecule has 17 heavy (non-hydrogen) atoms. The Morgan fingerprint density at radius 2 is 2.24 bits per heavy atom. The molecule has 0 atom stereocenters. The number of nitrogens with two attached hydrogens (primary N) is 1. The van der Waals surface area contributed by atoms with Crippen LogP contribution in [0, 0.1) is 0 Å². The Balaban J connectivity index is 2.22. The fourth-order valence-corrected chi connectivity index (χ4v) is 2.27. The summed E-state index contributed by atoms with van der Waals surface area (Å²) in [7, 11) is 0. The summed E-state index contributed by atoms with van der Waals surface area (Å²) in [6.45, 7) is 0.527. The van der Waals surface area contributed by atoms with Gasteiger partial charge in [-0.1, -0.05) is 6.07 Å². The van der Waals surface area contributed by atoms with Crippen molar-refractivity contribution in [2.75, 3.05) is 13.1 Å². The molecule has 5 nitrogen and oxygen atoms in total. The number of hydrogen-bond acceptors (Lipinski definition) is 5. The van der Waals surface area contributed by atoms with Gasteiger partial charge in [0.05, 0.1) is 10.6 Å². The van der Waals surface area contributed by atoms with Crippen LogP contribution in [0.2, 0.25) is 0 Å². The van der Waals surface area contributed by atoms with Crippen LogP contribution in [-0.4, -0.2) is 34.1 Å². The Bertz CT molecular complexity index is 473. The van der Waals surface area contributed by atoms with Crippen molar-refractivity contribution < 1.29 is 9.59 Å². The average molecular weight is 249 g/mol. The highest BCUT2D eigenvalue weighted by molar-refractivity contribution is 8.18. The van der Waals surface area contributed by atoms with E-state index < -0.39 is 0 Å². The summed E-state index contributed by atoms with van der Waals surface area (Å²) in [5.74, 6) is -0.295. The number of rotatable bonds is 3. The van der Waals surface area contributed by atoms with Gasteiger partial charge in [-0.2, -0.15) is 0 Å². The van der Waals surface area contributed by atoms with E-state index in [1.165, 1.54) is 0 Å². The highest BCUT2D eigenvalue weighted by Crippen LogP contribution is 2.31. The number of imide groups is 1. The van der Waals surface area contributed by atoms with E-state index in [1.807, 2.05) is 6.07 Å². The van der Waals surface area contributed by atoms with Crippen LogP contribution in [-0.2, 0) is 4.79 Å². The van der Waals surface area contributed by atoms with Crippen LogP contribution < -0.4 is 5.73 Å². The van der Waals surface area contributed by atoms with Crippen molar-refractivity contribution in [1.82, 2.24) is 9.88 Å². The summed E-state index contributed by atoms with van der Waals surface area (Å²) >= 11 is 0.920. The summed E-state index contributed by atoms with van der Waals surface area (Å²) < 4.78 is 0.